The fourth-order valence-electron chi connectivity index (χ4n) is 1.40. The Kier molecular flexibility index (Phi) is 7.60. The molecule has 3 amide bonds. The van der Waals surface area contributed by atoms with Crippen molar-refractivity contribution in [1.29, 1.82) is 0 Å². The van der Waals surface area contributed by atoms with Gasteiger partial charge in [0.25, 0.3) is 5.91 Å². The molecule has 20 heavy (non-hydrogen) atoms. The molecule has 8 nitrogen and oxygen atoms in total. The van der Waals surface area contributed by atoms with Crippen LogP contribution in [0.5, 0.6) is 0 Å². The number of carboxylic acid groups (broad SMARTS) is 1. The summed E-state index contributed by atoms with van der Waals surface area (Å²) in [6.45, 7) is 5.52. The number of nitrogens with one attached hydrogen (secondary N) is 2. The third-order valence-electron chi connectivity index (χ3n) is 2.18. The smallest absolute Gasteiger partial charge is 0.411 e. The highest BCUT2D eigenvalue weighted by molar-refractivity contribution is 5.95. The minimum Gasteiger partial charge on any atom is -0.465 e. The first-order chi connectivity index (χ1) is 9.15. The van der Waals surface area contributed by atoms with Gasteiger partial charge in [-0.2, -0.15) is 0 Å². The maximum atomic E-state index is 11.7. The largest absolute Gasteiger partial charge is 0.465 e. The highest BCUT2D eigenvalue weighted by Gasteiger charge is 2.24. The van der Waals surface area contributed by atoms with Crippen molar-refractivity contribution in [2.45, 2.75) is 51.7 Å². The molecule has 0 spiro atoms. The second-order valence-electron chi connectivity index (χ2n) is 5.28. The van der Waals surface area contributed by atoms with E-state index < -0.39 is 29.7 Å². The number of ether oxygens (including phenoxy) is 1. The third kappa shape index (κ3) is 9.15. The molecule has 0 aliphatic rings. The van der Waals surface area contributed by atoms with Gasteiger partial charge in [0.15, 0.2) is 0 Å². The van der Waals surface area contributed by atoms with Crippen LogP contribution in [0.2, 0.25) is 0 Å². The van der Waals surface area contributed by atoms with Gasteiger partial charge in [-0.1, -0.05) is 0 Å². The number of alkyl carbamates (subject to hydrolysis) is 1. The minimum absolute atomic E-state index is 0.287. The average molecular weight is 289 g/mol. The van der Waals surface area contributed by atoms with Crippen LogP contribution in [0, 0.1) is 0 Å². The molecule has 0 unspecified atom stereocenters. The molecule has 0 fully saturated rings. The Morgan fingerprint density at radius 2 is 1.85 bits per heavy atom. The number of rotatable bonds is 6. The second kappa shape index (κ2) is 8.36. The van der Waals surface area contributed by atoms with Gasteiger partial charge >= 0.3 is 12.2 Å². The Morgan fingerprint density at radius 3 is 2.30 bits per heavy atom. The number of unbranched alkanes of at least 4 members (excludes halogenated alkanes) is 1. The number of carbonyl (C=O) groups is 3. The number of hydrogen-bond acceptors (Lipinski definition) is 5. The SMILES string of the molecule is CC(C)(C)OC(=O)N[C@@H](CCCCN)C(=O)NC(=O)O. The maximum absolute atomic E-state index is 11.7. The van der Waals surface area contributed by atoms with E-state index in [1.807, 2.05) is 0 Å². The normalized spacial score (nSPS) is 12.4. The van der Waals surface area contributed by atoms with Gasteiger partial charge in [-0.25, -0.2) is 9.59 Å². The predicted octanol–water partition coefficient (Wildman–Crippen LogP) is 0.803. The predicted molar refractivity (Wildman–Crippen MR) is 72.2 cm³/mol. The summed E-state index contributed by atoms with van der Waals surface area (Å²) in [7, 11) is 0. The molecule has 0 rings (SSSR count). The molecule has 1 atom stereocenters. The number of amides is 3. The van der Waals surface area contributed by atoms with Crippen molar-refractivity contribution >= 4 is 18.1 Å². The average Bonchev–Trinajstić information content (AvgIpc) is 2.24. The quantitative estimate of drug-likeness (QED) is 0.535. The van der Waals surface area contributed by atoms with E-state index in [-0.39, 0.29) is 6.42 Å². The van der Waals surface area contributed by atoms with Crippen LogP contribution in [0.4, 0.5) is 9.59 Å². The first-order valence-electron chi connectivity index (χ1n) is 6.39. The molecule has 0 aromatic rings. The summed E-state index contributed by atoms with van der Waals surface area (Å²) in [5.41, 5.74) is 4.65. The van der Waals surface area contributed by atoms with E-state index in [9.17, 15) is 14.4 Å². The lowest BCUT2D eigenvalue weighted by atomic mass is 10.1. The summed E-state index contributed by atoms with van der Waals surface area (Å²) in [5.74, 6) is -0.791. The molecule has 5 N–H and O–H groups in total. The third-order valence-corrected chi connectivity index (χ3v) is 2.18. The Hall–Kier alpha value is -1.83. The molecular weight excluding hydrogens is 266 g/mol. The van der Waals surface area contributed by atoms with Gasteiger partial charge in [-0.15, -0.1) is 0 Å². The summed E-state index contributed by atoms with van der Waals surface area (Å²) >= 11 is 0. The van der Waals surface area contributed by atoms with Gasteiger partial charge in [0, 0.05) is 0 Å². The Labute approximate surface area is 118 Å². The number of carbonyl (C=O) groups excluding carboxylic acids is 2. The molecule has 0 aromatic carbocycles. The Bertz CT molecular complexity index is 351. The molecule has 8 heteroatoms. The molecule has 0 bridgehead atoms. The van der Waals surface area contributed by atoms with E-state index in [4.69, 9.17) is 15.6 Å². The van der Waals surface area contributed by atoms with E-state index in [1.165, 1.54) is 0 Å². The fraction of sp³-hybridized carbons (Fsp3) is 0.750. The van der Waals surface area contributed by atoms with E-state index >= 15 is 0 Å². The zero-order chi connectivity index (χ0) is 15.8. The van der Waals surface area contributed by atoms with Crippen LogP contribution in [-0.2, 0) is 9.53 Å². The van der Waals surface area contributed by atoms with Crippen LogP contribution in [0.3, 0.4) is 0 Å². The standard InChI is InChI=1S/C12H23N3O5/c1-12(2,3)20-11(19)14-8(6-4-5-7-13)9(16)15-10(17)18/h8H,4-7,13H2,1-3H3,(H,14,19)(H,15,16)(H,17,18)/t8-/m0/s1. The minimum atomic E-state index is -1.47. The second-order valence-corrected chi connectivity index (χ2v) is 5.28. The van der Waals surface area contributed by atoms with E-state index in [1.54, 1.807) is 26.1 Å². The molecule has 0 saturated carbocycles. The van der Waals surface area contributed by atoms with Crippen LogP contribution in [0.15, 0.2) is 0 Å². The van der Waals surface area contributed by atoms with E-state index in [2.05, 4.69) is 5.32 Å². The van der Waals surface area contributed by atoms with Gasteiger partial charge in [-0.3, -0.25) is 10.1 Å². The first kappa shape index (κ1) is 18.2. The van der Waals surface area contributed by atoms with Crippen LogP contribution in [-0.4, -0.2) is 41.4 Å². The van der Waals surface area contributed by atoms with Crippen molar-refractivity contribution < 1.29 is 24.2 Å². The molecule has 0 aromatic heterocycles. The van der Waals surface area contributed by atoms with Gasteiger partial charge in [0.1, 0.15) is 11.6 Å². The van der Waals surface area contributed by atoms with Gasteiger partial charge in [0.2, 0.25) is 0 Å². The zero-order valence-corrected chi connectivity index (χ0v) is 12.1. The molecule has 0 aliphatic heterocycles. The molecule has 0 saturated heterocycles. The lowest BCUT2D eigenvalue weighted by Crippen LogP contribution is -2.49. The van der Waals surface area contributed by atoms with Crippen LogP contribution >= 0.6 is 0 Å². The molecular formula is C12H23N3O5. The van der Waals surface area contributed by atoms with Gasteiger partial charge < -0.3 is 20.9 Å². The van der Waals surface area contributed by atoms with Crippen LogP contribution < -0.4 is 16.4 Å². The number of nitrogens with two attached hydrogens (primary N) is 1. The maximum Gasteiger partial charge on any atom is 0.411 e. The highest BCUT2D eigenvalue weighted by atomic mass is 16.6. The van der Waals surface area contributed by atoms with Gasteiger partial charge in [-0.05, 0) is 46.6 Å². The Morgan fingerprint density at radius 1 is 1.25 bits per heavy atom. The van der Waals surface area contributed by atoms with Crippen molar-refractivity contribution in [3.8, 4) is 0 Å². The van der Waals surface area contributed by atoms with Crippen molar-refractivity contribution in [2.75, 3.05) is 6.54 Å². The molecule has 0 heterocycles. The lowest BCUT2D eigenvalue weighted by Gasteiger charge is -2.22. The van der Waals surface area contributed by atoms with Crippen molar-refractivity contribution in [2.24, 2.45) is 5.73 Å². The van der Waals surface area contributed by atoms with E-state index in [0.29, 0.717) is 19.4 Å². The summed E-state index contributed by atoms with van der Waals surface area (Å²) in [5, 5.41) is 12.6. The topological polar surface area (TPSA) is 131 Å². The van der Waals surface area contributed by atoms with E-state index in [0.717, 1.165) is 0 Å². The summed E-state index contributed by atoms with van der Waals surface area (Å²) < 4.78 is 5.03. The molecule has 0 radical (unpaired) electrons. The van der Waals surface area contributed by atoms with Crippen LogP contribution in [0.1, 0.15) is 40.0 Å². The fourth-order valence-corrected chi connectivity index (χ4v) is 1.40. The summed E-state index contributed by atoms with van der Waals surface area (Å²) in [6.07, 6.45) is -0.688. The monoisotopic (exact) mass is 289 g/mol. The van der Waals surface area contributed by atoms with Crippen molar-refractivity contribution in [3.63, 3.8) is 0 Å². The van der Waals surface area contributed by atoms with Crippen LogP contribution in [0.25, 0.3) is 0 Å². The summed E-state index contributed by atoms with van der Waals surface area (Å²) in [6, 6.07) is -0.965. The molecule has 0 aliphatic carbocycles. The summed E-state index contributed by atoms with van der Waals surface area (Å²) in [4.78, 5) is 33.7. The van der Waals surface area contributed by atoms with Gasteiger partial charge in [0.05, 0.1) is 0 Å². The first-order valence-corrected chi connectivity index (χ1v) is 6.39. The highest BCUT2D eigenvalue weighted by Crippen LogP contribution is 2.08. The van der Waals surface area contributed by atoms with Crippen molar-refractivity contribution in [3.05, 3.63) is 0 Å². The molecule has 116 valence electrons. The lowest BCUT2D eigenvalue weighted by molar-refractivity contribution is -0.122. The number of hydrogen-bond donors (Lipinski definition) is 4. The number of imide groups is 1. The Balaban J connectivity index is 4.55. The zero-order valence-electron chi connectivity index (χ0n) is 12.1. The van der Waals surface area contributed by atoms with Crippen molar-refractivity contribution in [1.82, 2.24) is 10.6 Å².